The van der Waals surface area contributed by atoms with E-state index in [4.69, 9.17) is 4.74 Å². The summed E-state index contributed by atoms with van der Waals surface area (Å²) in [4.78, 5) is 20.3. The molecule has 2 aromatic heterocycles. The van der Waals surface area contributed by atoms with Crippen LogP contribution >= 0.6 is 0 Å². The van der Waals surface area contributed by atoms with Crippen LogP contribution in [0.1, 0.15) is 16.9 Å². The Labute approximate surface area is 139 Å². The maximum absolute atomic E-state index is 12.1. The summed E-state index contributed by atoms with van der Waals surface area (Å²) in [6.07, 6.45) is 9.58. The van der Waals surface area contributed by atoms with Crippen LogP contribution in [-0.2, 0) is 6.54 Å². The van der Waals surface area contributed by atoms with Gasteiger partial charge in [-0.3, -0.25) is 4.79 Å². The number of hydrogen-bond acceptors (Lipinski definition) is 4. The summed E-state index contributed by atoms with van der Waals surface area (Å²) in [6.45, 7) is 1.41. The summed E-state index contributed by atoms with van der Waals surface area (Å²) in [6, 6.07) is 7.55. The van der Waals surface area contributed by atoms with Crippen LogP contribution in [0, 0.1) is 0 Å². The number of imidazole rings is 2. The van der Waals surface area contributed by atoms with Gasteiger partial charge < -0.3 is 19.2 Å². The Kier molecular flexibility index (Phi) is 4.90. The van der Waals surface area contributed by atoms with E-state index in [0.29, 0.717) is 12.2 Å². The molecule has 2 heterocycles. The molecule has 0 unspecified atom stereocenters. The van der Waals surface area contributed by atoms with Crippen molar-refractivity contribution in [1.29, 1.82) is 0 Å². The van der Waals surface area contributed by atoms with Crippen LogP contribution in [0.2, 0.25) is 0 Å². The third-order valence-electron chi connectivity index (χ3n) is 3.62. The smallest absolute Gasteiger partial charge is 0.271 e. The van der Waals surface area contributed by atoms with Crippen LogP contribution in [0.4, 0.5) is 0 Å². The van der Waals surface area contributed by atoms with Gasteiger partial charge in [-0.2, -0.15) is 0 Å². The molecule has 3 rings (SSSR count). The van der Waals surface area contributed by atoms with Crippen LogP contribution in [0.25, 0.3) is 5.69 Å². The lowest BCUT2D eigenvalue weighted by Crippen LogP contribution is -2.25. The zero-order valence-corrected chi connectivity index (χ0v) is 13.4. The lowest BCUT2D eigenvalue weighted by atomic mass is 10.3. The number of ether oxygens (including phenoxy) is 1. The normalized spacial score (nSPS) is 10.5. The lowest BCUT2D eigenvalue weighted by molar-refractivity contribution is 0.0948. The molecule has 7 heteroatoms. The molecule has 24 heavy (non-hydrogen) atoms. The highest BCUT2D eigenvalue weighted by atomic mass is 16.5. The Morgan fingerprint density at radius 1 is 1.25 bits per heavy atom. The fourth-order valence-electron chi connectivity index (χ4n) is 2.31. The third kappa shape index (κ3) is 3.81. The van der Waals surface area contributed by atoms with Crippen molar-refractivity contribution in [3.8, 4) is 11.4 Å². The molecule has 7 nitrogen and oxygen atoms in total. The van der Waals surface area contributed by atoms with E-state index in [2.05, 4.69) is 15.3 Å². The zero-order valence-electron chi connectivity index (χ0n) is 13.4. The highest BCUT2D eigenvalue weighted by Crippen LogP contribution is 2.15. The van der Waals surface area contributed by atoms with Gasteiger partial charge >= 0.3 is 0 Å². The van der Waals surface area contributed by atoms with Crippen LogP contribution < -0.4 is 10.1 Å². The van der Waals surface area contributed by atoms with Crippen molar-refractivity contribution in [3.05, 3.63) is 61.2 Å². The molecule has 0 aliphatic heterocycles. The van der Waals surface area contributed by atoms with Crippen LogP contribution in [0.3, 0.4) is 0 Å². The van der Waals surface area contributed by atoms with Gasteiger partial charge in [0.1, 0.15) is 17.8 Å². The minimum absolute atomic E-state index is 0.173. The Hall–Kier alpha value is -3.09. The summed E-state index contributed by atoms with van der Waals surface area (Å²) in [5.74, 6) is 0.614. The van der Waals surface area contributed by atoms with Gasteiger partial charge in [0.05, 0.1) is 13.4 Å². The molecule has 1 amide bonds. The van der Waals surface area contributed by atoms with Gasteiger partial charge in [-0.15, -0.1) is 0 Å². The number of rotatable bonds is 7. The topological polar surface area (TPSA) is 74.0 Å². The van der Waals surface area contributed by atoms with Crippen molar-refractivity contribution in [3.63, 3.8) is 0 Å². The van der Waals surface area contributed by atoms with E-state index in [0.717, 1.165) is 24.4 Å². The van der Waals surface area contributed by atoms with Gasteiger partial charge in [0.15, 0.2) is 0 Å². The molecule has 0 bridgehead atoms. The monoisotopic (exact) mass is 325 g/mol. The van der Waals surface area contributed by atoms with E-state index in [9.17, 15) is 4.79 Å². The number of carbonyl (C=O) groups is 1. The number of hydrogen-bond donors (Lipinski definition) is 1. The molecule has 0 saturated heterocycles. The van der Waals surface area contributed by atoms with Crippen molar-refractivity contribution in [2.24, 2.45) is 0 Å². The quantitative estimate of drug-likeness (QED) is 0.673. The number of aryl methyl sites for hydroxylation is 1. The summed E-state index contributed by atoms with van der Waals surface area (Å²) in [7, 11) is 1.63. The first-order chi connectivity index (χ1) is 11.8. The van der Waals surface area contributed by atoms with Crippen molar-refractivity contribution >= 4 is 5.91 Å². The summed E-state index contributed by atoms with van der Waals surface area (Å²) in [5, 5.41) is 2.88. The molecule has 0 aliphatic rings. The van der Waals surface area contributed by atoms with Crippen LogP contribution in [-0.4, -0.2) is 38.7 Å². The molecule has 0 saturated carbocycles. The molecule has 0 aliphatic carbocycles. The average molecular weight is 325 g/mol. The van der Waals surface area contributed by atoms with Gasteiger partial charge in [0.2, 0.25) is 0 Å². The fourth-order valence-corrected chi connectivity index (χ4v) is 2.31. The first kappa shape index (κ1) is 15.8. The highest BCUT2D eigenvalue weighted by molar-refractivity contribution is 5.92. The molecule has 0 radical (unpaired) electrons. The lowest BCUT2D eigenvalue weighted by Gasteiger charge is -2.04. The summed E-state index contributed by atoms with van der Waals surface area (Å²) >= 11 is 0. The maximum Gasteiger partial charge on any atom is 0.271 e. The van der Waals surface area contributed by atoms with Gasteiger partial charge in [-0.1, -0.05) is 0 Å². The third-order valence-corrected chi connectivity index (χ3v) is 3.62. The van der Waals surface area contributed by atoms with E-state index in [-0.39, 0.29) is 5.91 Å². The number of benzene rings is 1. The Morgan fingerprint density at radius 2 is 2.08 bits per heavy atom. The standard InChI is InChI=1S/C17H19N5O2/c1-24-15-5-3-14(4-6-15)22-11-16(20-13-22)17(23)19-7-2-9-21-10-8-18-12-21/h3-6,8,10-13H,2,7,9H2,1H3,(H,19,23). The maximum atomic E-state index is 12.1. The van der Waals surface area contributed by atoms with Crippen molar-refractivity contribution < 1.29 is 9.53 Å². The van der Waals surface area contributed by atoms with E-state index >= 15 is 0 Å². The average Bonchev–Trinajstić information content (AvgIpc) is 3.30. The number of aromatic nitrogens is 4. The van der Waals surface area contributed by atoms with E-state index < -0.39 is 0 Å². The predicted molar refractivity (Wildman–Crippen MR) is 89.3 cm³/mol. The molecule has 3 aromatic rings. The highest BCUT2D eigenvalue weighted by Gasteiger charge is 2.09. The number of carbonyl (C=O) groups excluding carboxylic acids is 1. The minimum atomic E-state index is -0.173. The Morgan fingerprint density at radius 3 is 2.79 bits per heavy atom. The van der Waals surface area contributed by atoms with Gasteiger partial charge in [0.25, 0.3) is 5.91 Å². The number of amides is 1. The Bertz CT molecular complexity index is 778. The number of methoxy groups -OCH3 is 1. The number of nitrogens with zero attached hydrogens (tertiary/aromatic N) is 4. The predicted octanol–water partition coefficient (Wildman–Crippen LogP) is 1.90. The number of nitrogens with one attached hydrogen (secondary N) is 1. The molecule has 1 aromatic carbocycles. The molecular weight excluding hydrogens is 306 g/mol. The SMILES string of the molecule is COc1ccc(-n2cnc(C(=O)NCCCn3ccnc3)c2)cc1. The van der Waals surface area contributed by atoms with Crippen LogP contribution in [0.5, 0.6) is 5.75 Å². The van der Waals surface area contributed by atoms with Crippen molar-refractivity contribution in [2.45, 2.75) is 13.0 Å². The van der Waals surface area contributed by atoms with Gasteiger partial charge in [0, 0.05) is 37.4 Å². The van der Waals surface area contributed by atoms with Gasteiger partial charge in [-0.05, 0) is 30.7 Å². The van der Waals surface area contributed by atoms with Crippen molar-refractivity contribution in [1.82, 2.24) is 24.4 Å². The van der Waals surface area contributed by atoms with Gasteiger partial charge in [-0.25, -0.2) is 9.97 Å². The zero-order chi connectivity index (χ0) is 16.8. The molecule has 0 fully saturated rings. The fraction of sp³-hybridized carbons (Fsp3) is 0.235. The van der Waals surface area contributed by atoms with E-state index in [1.165, 1.54) is 0 Å². The Balaban J connectivity index is 1.53. The second-order valence-corrected chi connectivity index (χ2v) is 5.27. The van der Waals surface area contributed by atoms with E-state index in [1.54, 1.807) is 36.7 Å². The molecule has 0 spiro atoms. The largest absolute Gasteiger partial charge is 0.497 e. The minimum Gasteiger partial charge on any atom is -0.497 e. The molecule has 1 N–H and O–H groups in total. The molecular formula is C17H19N5O2. The van der Waals surface area contributed by atoms with Crippen molar-refractivity contribution in [2.75, 3.05) is 13.7 Å². The first-order valence-electron chi connectivity index (χ1n) is 7.68. The summed E-state index contributed by atoms with van der Waals surface area (Å²) in [5.41, 5.74) is 1.32. The second-order valence-electron chi connectivity index (χ2n) is 5.27. The van der Waals surface area contributed by atoms with E-state index in [1.807, 2.05) is 35.0 Å². The summed E-state index contributed by atoms with van der Waals surface area (Å²) < 4.78 is 8.92. The molecule has 0 atom stereocenters. The van der Waals surface area contributed by atoms with Crippen LogP contribution in [0.15, 0.2) is 55.5 Å². The molecule has 124 valence electrons. The second kappa shape index (κ2) is 7.45. The first-order valence-corrected chi connectivity index (χ1v) is 7.68.